The highest BCUT2D eigenvalue weighted by Gasteiger charge is 2.19. The molecule has 0 aliphatic rings. The third-order valence-corrected chi connectivity index (χ3v) is 3.55. The maximum absolute atomic E-state index is 14.6. The number of benzene rings is 1. The fraction of sp³-hybridized carbons (Fsp3) is 0.143. The van der Waals surface area contributed by atoms with Crippen LogP contribution in [0.25, 0.3) is 11.3 Å². The summed E-state index contributed by atoms with van der Waals surface area (Å²) in [5.41, 5.74) is 0.416. The number of halogens is 3. The molecule has 22 heavy (non-hydrogen) atoms. The van der Waals surface area contributed by atoms with E-state index in [0.717, 1.165) is 0 Å². The van der Waals surface area contributed by atoms with Gasteiger partial charge in [0.25, 0.3) is 0 Å². The highest BCUT2D eigenvalue weighted by atomic mass is 35.5. The van der Waals surface area contributed by atoms with Crippen LogP contribution in [0, 0.1) is 5.82 Å². The number of pyridine rings is 1. The van der Waals surface area contributed by atoms with Crippen molar-refractivity contribution in [1.82, 2.24) is 4.98 Å². The molecule has 0 unspecified atom stereocenters. The fourth-order valence-electron chi connectivity index (χ4n) is 1.94. The van der Waals surface area contributed by atoms with Gasteiger partial charge in [-0.2, -0.15) is 5.90 Å². The minimum atomic E-state index is -0.908. The van der Waals surface area contributed by atoms with Crippen molar-refractivity contribution < 1.29 is 14.0 Å². The molecule has 1 aromatic heterocycles. The lowest BCUT2D eigenvalue weighted by molar-refractivity contribution is 0.0497. The van der Waals surface area contributed by atoms with Crippen LogP contribution in [0.1, 0.15) is 10.5 Å². The zero-order valence-corrected chi connectivity index (χ0v) is 13.2. The molecule has 2 N–H and O–H groups in total. The maximum atomic E-state index is 14.6. The van der Waals surface area contributed by atoms with Gasteiger partial charge in [0, 0.05) is 19.7 Å². The molecule has 0 bridgehead atoms. The van der Waals surface area contributed by atoms with Crippen LogP contribution in [0.3, 0.4) is 0 Å². The Morgan fingerprint density at radius 2 is 1.86 bits per heavy atom. The van der Waals surface area contributed by atoms with Gasteiger partial charge in [0.15, 0.2) is 11.5 Å². The molecule has 1 aromatic carbocycles. The average Bonchev–Trinajstić information content (AvgIpc) is 2.47. The van der Waals surface area contributed by atoms with Crippen LogP contribution in [0.15, 0.2) is 24.3 Å². The summed E-state index contributed by atoms with van der Waals surface area (Å²) in [5, 5.41) is 0.322. The van der Waals surface area contributed by atoms with E-state index >= 15 is 0 Å². The first-order chi connectivity index (χ1) is 10.4. The monoisotopic (exact) mass is 343 g/mol. The van der Waals surface area contributed by atoms with Crippen molar-refractivity contribution in [2.24, 2.45) is 5.90 Å². The van der Waals surface area contributed by atoms with Gasteiger partial charge >= 0.3 is 5.97 Å². The number of nitrogens with two attached hydrogens (primary N) is 1. The quantitative estimate of drug-likeness (QED) is 0.866. The molecule has 8 heteroatoms. The topological polar surface area (TPSA) is 68.5 Å². The van der Waals surface area contributed by atoms with E-state index in [1.165, 1.54) is 18.2 Å². The van der Waals surface area contributed by atoms with Gasteiger partial charge in [-0.25, -0.2) is 14.2 Å². The molecule has 1 heterocycles. The predicted molar refractivity (Wildman–Crippen MR) is 83.6 cm³/mol. The molecule has 2 rings (SSSR count). The minimum absolute atomic E-state index is 0.0569. The van der Waals surface area contributed by atoms with Crippen LogP contribution < -0.4 is 10.8 Å². The Balaban J connectivity index is 2.63. The third kappa shape index (κ3) is 2.99. The van der Waals surface area contributed by atoms with E-state index in [1.54, 1.807) is 25.1 Å². The SMILES string of the molecule is CN(C)c1c(Cl)ccc(-c2ccc(Cl)c(C(=O)ON)n2)c1F. The van der Waals surface area contributed by atoms with E-state index in [2.05, 4.69) is 9.82 Å². The van der Waals surface area contributed by atoms with E-state index < -0.39 is 11.8 Å². The molecule has 0 radical (unpaired) electrons. The number of anilines is 1. The summed E-state index contributed by atoms with van der Waals surface area (Å²) in [4.78, 5) is 21.2. The van der Waals surface area contributed by atoms with Crippen molar-refractivity contribution in [3.05, 3.63) is 45.8 Å². The molecule has 0 saturated heterocycles. The zero-order chi connectivity index (χ0) is 16.4. The first kappa shape index (κ1) is 16.5. The molecule has 0 atom stereocenters. The Morgan fingerprint density at radius 1 is 1.23 bits per heavy atom. The molecule has 116 valence electrons. The summed E-state index contributed by atoms with van der Waals surface area (Å²) < 4.78 is 14.6. The molecule has 0 spiro atoms. The standard InChI is InChI=1S/C14H12Cl2FN3O2/c1-20(2)13-9(16)4-3-7(11(13)17)10-6-5-8(15)12(19-10)14(21)22-18/h3-6H,18H2,1-2H3. The molecule has 2 aromatic rings. The summed E-state index contributed by atoms with van der Waals surface area (Å²) in [6.07, 6.45) is 0. The summed E-state index contributed by atoms with van der Waals surface area (Å²) in [6.45, 7) is 0. The average molecular weight is 344 g/mol. The Bertz CT molecular complexity index is 738. The van der Waals surface area contributed by atoms with Crippen LogP contribution in [0.2, 0.25) is 10.0 Å². The van der Waals surface area contributed by atoms with Gasteiger partial charge in [0.1, 0.15) is 0 Å². The number of hydrogen-bond donors (Lipinski definition) is 1. The third-order valence-electron chi connectivity index (χ3n) is 2.94. The minimum Gasteiger partial charge on any atom is -0.374 e. The molecule has 5 nitrogen and oxygen atoms in total. The first-order valence-electron chi connectivity index (χ1n) is 6.10. The molecular weight excluding hydrogens is 332 g/mol. The van der Waals surface area contributed by atoms with E-state index in [9.17, 15) is 9.18 Å². The predicted octanol–water partition coefficient (Wildman–Crippen LogP) is 3.29. The van der Waals surface area contributed by atoms with Crippen LogP contribution in [-0.2, 0) is 4.84 Å². The molecule has 0 fully saturated rings. The van der Waals surface area contributed by atoms with E-state index in [-0.39, 0.29) is 32.7 Å². The van der Waals surface area contributed by atoms with Crippen molar-refractivity contribution in [3.8, 4) is 11.3 Å². The van der Waals surface area contributed by atoms with E-state index in [0.29, 0.717) is 0 Å². The van der Waals surface area contributed by atoms with E-state index in [1.807, 2.05) is 0 Å². The van der Waals surface area contributed by atoms with Crippen LogP contribution in [0.5, 0.6) is 0 Å². The molecule has 0 saturated carbocycles. The van der Waals surface area contributed by atoms with Crippen molar-refractivity contribution in [1.29, 1.82) is 0 Å². The number of aromatic nitrogens is 1. The molecule has 0 aliphatic heterocycles. The van der Waals surface area contributed by atoms with Gasteiger partial charge in [0.2, 0.25) is 0 Å². The number of nitrogens with zero attached hydrogens (tertiary/aromatic N) is 2. The second-order valence-electron chi connectivity index (χ2n) is 4.58. The van der Waals surface area contributed by atoms with Gasteiger partial charge in [-0.05, 0) is 24.3 Å². The largest absolute Gasteiger partial charge is 0.376 e. The van der Waals surface area contributed by atoms with Crippen LogP contribution in [-0.4, -0.2) is 25.0 Å². The van der Waals surface area contributed by atoms with Gasteiger partial charge < -0.3 is 9.74 Å². The van der Waals surface area contributed by atoms with Gasteiger partial charge in [-0.15, -0.1) is 0 Å². The lowest BCUT2D eigenvalue weighted by atomic mass is 10.1. The maximum Gasteiger partial charge on any atom is 0.376 e. The van der Waals surface area contributed by atoms with Crippen molar-refractivity contribution in [3.63, 3.8) is 0 Å². The highest BCUT2D eigenvalue weighted by Crippen LogP contribution is 2.34. The summed E-state index contributed by atoms with van der Waals surface area (Å²) in [7, 11) is 3.33. The van der Waals surface area contributed by atoms with Crippen LogP contribution in [0.4, 0.5) is 10.1 Å². The van der Waals surface area contributed by atoms with Gasteiger partial charge in [0.05, 0.1) is 21.4 Å². The first-order valence-corrected chi connectivity index (χ1v) is 6.85. The van der Waals surface area contributed by atoms with Gasteiger partial charge in [-0.3, -0.25) is 0 Å². The molecule has 0 amide bonds. The van der Waals surface area contributed by atoms with Crippen molar-refractivity contribution in [2.75, 3.05) is 19.0 Å². The Labute approximate surface area is 136 Å². The number of carbonyl (C=O) groups is 1. The number of hydrogen-bond acceptors (Lipinski definition) is 5. The summed E-state index contributed by atoms with van der Waals surface area (Å²) >= 11 is 11.9. The van der Waals surface area contributed by atoms with Crippen molar-refractivity contribution >= 4 is 34.9 Å². The normalized spacial score (nSPS) is 10.5. The lowest BCUT2D eigenvalue weighted by Gasteiger charge is -2.17. The highest BCUT2D eigenvalue weighted by molar-refractivity contribution is 6.33. The second kappa shape index (κ2) is 6.48. The zero-order valence-electron chi connectivity index (χ0n) is 11.7. The molecule has 0 aliphatic carbocycles. The number of rotatable bonds is 3. The van der Waals surface area contributed by atoms with Gasteiger partial charge in [-0.1, -0.05) is 23.2 Å². The fourth-order valence-corrected chi connectivity index (χ4v) is 2.44. The van der Waals surface area contributed by atoms with Crippen LogP contribution >= 0.6 is 23.2 Å². The van der Waals surface area contributed by atoms with Crippen molar-refractivity contribution in [2.45, 2.75) is 0 Å². The number of carbonyl (C=O) groups excluding carboxylic acids is 1. The Morgan fingerprint density at radius 3 is 2.45 bits per heavy atom. The Hall–Kier alpha value is -1.89. The summed E-state index contributed by atoms with van der Waals surface area (Å²) in [5.74, 6) is 3.36. The lowest BCUT2D eigenvalue weighted by Crippen LogP contribution is -2.14. The Kier molecular flexibility index (Phi) is 4.85. The second-order valence-corrected chi connectivity index (χ2v) is 5.40. The molecular formula is C14H12Cl2FN3O2. The van der Waals surface area contributed by atoms with E-state index in [4.69, 9.17) is 29.1 Å². The smallest absolute Gasteiger partial charge is 0.374 e. The summed E-state index contributed by atoms with van der Waals surface area (Å²) in [6, 6.07) is 5.92.